The Balaban J connectivity index is 2.17. The third kappa shape index (κ3) is 3.77. The van der Waals surface area contributed by atoms with Gasteiger partial charge in [0, 0.05) is 17.4 Å². The van der Waals surface area contributed by atoms with Gasteiger partial charge in [-0.2, -0.15) is 0 Å². The van der Waals surface area contributed by atoms with Crippen LogP contribution in [0.4, 0.5) is 0 Å². The van der Waals surface area contributed by atoms with Gasteiger partial charge in [0.25, 0.3) is 5.22 Å². The van der Waals surface area contributed by atoms with Crippen molar-refractivity contribution in [1.29, 1.82) is 0 Å². The fourth-order valence-electron chi connectivity index (χ4n) is 1.87. The molecule has 0 saturated carbocycles. The van der Waals surface area contributed by atoms with Crippen molar-refractivity contribution in [2.24, 2.45) is 0 Å². The van der Waals surface area contributed by atoms with Gasteiger partial charge in [-0.3, -0.25) is 0 Å². The van der Waals surface area contributed by atoms with E-state index in [9.17, 15) is 0 Å². The maximum Gasteiger partial charge on any atom is 0.255 e. The summed E-state index contributed by atoms with van der Waals surface area (Å²) in [6, 6.07) is 6.64. The van der Waals surface area contributed by atoms with Gasteiger partial charge < -0.3 is 14.5 Å². The topological polar surface area (TPSA) is 47.3 Å². The minimum Gasteiger partial charge on any atom is -0.494 e. The third-order valence-corrected chi connectivity index (χ3v) is 3.98. The van der Waals surface area contributed by atoms with E-state index in [-0.39, 0.29) is 0 Å². The van der Waals surface area contributed by atoms with Gasteiger partial charge in [0.1, 0.15) is 12.0 Å². The van der Waals surface area contributed by atoms with E-state index < -0.39 is 0 Å². The van der Waals surface area contributed by atoms with Crippen molar-refractivity contribution >= 4 is 11.8 Å². The van der Waals surface area contributed by atoms with Crippen LogP contribution in [-0.4, -0.2) is 18.6 Å². The molecule has 5 heteroatoms. The van der Waals surface area contributed by atoms with Crippen molar-refractivity contribution in [3.8, 4) is 5.75 Å². The molecule has 0 amide bonds. The molecule has 1 atom stereocenters. The first-order chi connectivity index (χ1) is 9.74. The van der Waals surface area contributed by atoms with Gasteiger partial charge in [0.2, 0.25) is 0 Å². The van der Waals surface area contributed by atoms with Crippen LogP contribution in [0.5, 0.6) is 5.75 Å². The highest BCUT2D eigenvalue weighted by atomic mass is 32.2. The SMILES string of the molecule is CCOc1ccc(C(C)NC)cc1CSc1ncco1. The molecule has 2 rings (SSSR count). The first kappa shape index (κ1) is 14.9. The number of nitrogens with one attached hydrogen (secondary N) is 1. The fourth-order valence-corrected chi connectivity index (χ4v) is 2.63. The maximum atomic E-state index is 5.69. The number of oxazole rings is 1. The summed E-state index contributed by atoms with van der Waals surface area (Å²) >= 11 is 1.57. The van der Waals surface area contributed by atoms with E-state index in [1.54, 1.807) is 24.2 Å². The lowest BCUT2D eigenvalue weighted by Crippen LogP contribution is -2.12. The van der Waals surface area contributed by atoms with Crippen LogP contribution in [0.25, 0.3) is 0 Å². The highest BCUT2D eigenvalue weighted by molar-refractivity contribution is 7.98. The summed E-state index contributed by atoms with van der Waals surface area (Å²) in [5.74, 6) is 1.71. The van der Waals surface area contributed by atoms with Crippen LogP contribution in [0.1, 0.15) is 31.0 Å². The van der Waals surface area contributed by atoms with Crippen molar-refractivity contribution in [3.63, 3.8) is 0 Å². The Morgan fingerprint density at radius 2 is 2.30 bits per heavy atom. The number of hydrogen-bond donors (Lipinski definition) is 1. The molecule has 0 bridgehead atoms. The van der Waals surface area contributed by atoms with E-state index in [1.165, 1.54) is 5.56 Å². The van der Waals surface area contributed by atoms with Crippen LogP contribution >= 0.6 is 11.8 Å². The van der Waals surface area contributed by atoms with Crippen LogP contribution in [0.3, 0.4) is 0 Å². The number of hydrogen-bond acceptors (Lipinski definition) is 5. The number of benzene rings is 1. The molecule has 108 valence electrons. The number of nitrogens with zero attached hydrogens (tertiary/aromatic N) is 1. The number of rotatable bonds is 7. The lowest BCUT2D eigenvalue weighted by molar-refractivity contribution is 0.337. The Morgan fingerprint density at radius 3 is 2.95 bits per heavy atom. The number of aromatic nitrogens is 1. The first-order valence-electron chi connectivity index (χ1n) is 6.69. The zero-order valence-electron chi connectivity index (χ0n) is 12.1. The van der Waals surface area contributed by atoms with Crippen LogP contribution in [0.15, 0.2) is 40.3 Å². The second-order valence-electron chi connectivity index (χ2n) is 4.40. The van der Waals surface area contributed by atoms with E-state index >= 15 is 0 Å². The highest BCUT2D eigenvalue weighted by Crippen LogP contribution is 2.29. The van der Waals surface area contributed by atoms with Gasteiger partial charge in [0.05, 0.1) is 12.8 Å². The monoisotopic (exact) mass is 292 g/mol. The summed E-state index contributed by atoms with van der Waals surface area (Å²) in [6.45, 7) is 4.80. The van der Waals surface area contributed by atoms with E-state index in [0.29, 0.717) is 17.9 Å². The molecule has 0 saturated heterocycles. The summed E-state index contributed by atoms with van der Waals surface area (Å²) in [4.78, 5) is 4.12. The summed E-state index contributed by atoms with van der Waals surface area (Å²) in [6.07, 6.45) is 3.25. The van der Waals surface area contributed by atoms with Crippen LogP contribution in [-0.2, 0) is 5.75 Å². The Kier molecular flexibility index (Phi) is 5.49. The molecule has 1 aromatic heterocycles. The van der Waals surface area contributed by atoms with Crippen molar-refractivity contribution in [2.45, 2.75) is 30.9 Å². The molecule has 1 unspecified atom stereocenters. The largest absolute Gasteiger partial charge is 0.494 e. The third-order valence-electron chi connectivity index (χ3n) is 3.08. The highest BCUT2D eigenvalue weighted by Gasteiger charge is 2.10. The van der Waals surface area contributed by atoms with Crippen molar-refractivity contribution < 1.29 is 9.15 Å². The number of thioether (sulfide) groups is 1. The summed E-state index contributed by atoms with van der Waals surface area (Å²) in [5, 5.41) is 3.93. The molecule has 20 heavy (non-hydrogen) atoms. The predicted molar refractivity (Wildman–Crippen MR) is 81.1 cm³/mol. The lowest BCUT2D eigenvalue weighted by Gasteiger charge is -2.15. The minimum atomic E-state index is 0.316. The normalized spacial score (nSPS) is 12.3. The molecule has 0 radical (unpaired) electrons. The fraction of sp³-hybridized carbons (Fsp3) is 0.400. The second-order valence-corrected chi connectivity index (χ2v) is 5.32. The second kappa shape index (κ2) is 7.36. The van der Waals surface area contributed by atoms with Gasteiger partial charge >= 0.3 is 0 Å². The molecular formula is C15H20N2O2S. The lowest BCUT2D eigenvalue weighted by atomic mass is 10.1. The van der Waals surface area contributed by atoms with Gasteiger partial charge in [-0.15, -0.1) is 0 Å². The van der Waals surface area contributed by atoms with Crippen LogP contribution < -0.4 is 10.1 Å². The van der Waals surface area contributed by atoms with E-state index in [0.717, 1.165) is 17.1 Å². The molecular weight excluding hydrogens is 272 g/mol. The molecule has 0 aliphatic heterocycles. The standard InChI is InChI=1S/C15H20N2O2S/c1-4-18-14-6-5-12(11(2)16-3)9-13(14)10-20-15-17-7-8-19-15/h5-9,11,16H,4,10H2,1-3H3. The van der Waals surface area contributed by atoms with E-state index in [2.05, 4.69) is 29.4 Å². The molecule has 1 N–H and O–H groups in total. The molecule has 1 aromatic carbocycles. The van der Waals surface area contributed by atoms with Crippen LogP contribution in [0, 0.1) is 0 Å². The van der Waals surface area contributed by atoms with Crippen molar-refractivity contribution in [3.05, 3.63) is 41.8 Å². The van der Waals surface area contributed by atoms with Crippen LogP contribution in [0.2, 0.25) is 0 Å². The summed E-state index contributed by atoms with van der Waals surface area (Å²) in [7, 11) is 1.96. The number of ether oxygens (including phenoxy) is 1. The molecule has 2 aromatic rings. The van der Waals surface area contributed by atoms with Gasteiger partial charge in [-0.05, 0) is 38.6 Å². The average Bonchev–Trinajstić information content (AvgIpc) is 2.99. The summed E-state index contributed by atoms with van der Waals surface area (Å²) in [5.41, 5.74) is 2.41. The van der Waals surface area contributed by atoms with Crippen molar-refractivity contribution in [2.75, 3.05) is 13.7 Å². The molecule has 0 aliphatic rings. The minimum absolute atomic E-state index is 0.316. The van der Waals surface area contributed by atoms with Gasteiger partial charge in [-0.25, -0.2) is 4.98 Å². The van der Waals surface area contributed by atoms with Gasteiger partial charge in [0.15, 0.2) is 0 Å². The zero-order chi connectivity index (χ0) is 14.4. The Bertz CT molecular complexity index is 529. The Morgan fingerprint density at radius 1 is 1.45 bits per heavy atom. The van der Waals surface area contributed by atoms with E-state index in [1.807, 2.05) is 20.0 Å². The average molecular weight is 292 g/mol. The zero-order valence-corrected chi connectivity index (χ0v) is 12.9. The molecule has 1 heterocycles. The Hall–Kier alpha value is -1.46. The van der Waals surface area contributed by atoms with Crippen molar-refractivity contribution in [1.82, 2.24) is 10.3 Å². The first-order valence-corrected chi connectivity index (χ1v) is 7.68. The maximum absolute atomic E-state index is 5.69. The predicted octanol–water partition coefficient (Wildman–Crippen LogP) is 3.65. The molecule has 0 spiro atoms. The quantitative estimate of drug-likeness (QED) is 0.789. The van der Waals surface area contributed by atoms with E-state index in [4.69, 9.17) is 9.15 Å². The smallest absolute Gasteiger partial charge is 0.255 e. The molecule has 0 fully saturated rings. The molecule has 0 aliphatic carbocycles. The summed E-state index contributed by atoms with van der Waals surface area (Å²) < 4.78 is 10.9. The van der Waals surface area contributed by atoms with Gasteiger partial charge in [-0.1, -0.05) is 17.8 Å². The molecule has 4 nitrogen and oxygen atoms in total. The Labute approximate surface area is 123 Å².